The average molecular weight is 379 g/mol. The van der Waals surface area contributed by atoms with E-state index in [4.69, 9.17) is 0 Å². The Hall–Kier alpha value is -0.500. The summed E-state index contributed by atoms with van der Waals surface area (Å²) in [5.74, 6) is -0.0355. The molecule has 1 aliphatic rings. The van der Waals surface area contributed by atoms with Crippen LogP contribution in [0, 0.1) is 11.7 Å². The van der Waals surface area contributed by atoms with Gasteiger partial charge in [-0.25, -0.2) is 12.8 Å². The van der Waals surface area contributed by atoms with E-state index >= 15 is 0 Å². The van der Waals surface area contributed by atoms with Crippen molar-refractivity contribution in [3.05, 3.63) is 28.5 Å². The first-order valence-electron chi connectivity index (χ1n) is 6.90. The molecule has 21 heavy (non-hydrogen) atoms. The van der Waals surface area contributed by atoms with Crippen LogP contribution in [0.15, 0.2) is 27.6 Å². The maximum absolute atomic E-state index is 13.5. The zero-order valence-electron chi connectivity index (χ0n) is 12.2. The van der Waals surface area contributed by atoms with Gasteiger partial charge in [0.25, 0.3) is 0 Å². The summed E-state index contributed by atoms with van der Waals surface area (Å²) in [5, 5.41) is 0. The van der Waals surface area contributed by atoms with Crippen molar-refractivity contribution in [2.75, 3.05) is 33.7 Å². The van der Waals surface area contributed by atoms with Gasteiger partial charge in [0.2, 0.25) is 10.0 Å². The molecule has 118 valence electrons. The van der Waals surface area contributed by atoms with Crippen molar-refractivity contribution in [1.29, 1.82) is 0 Å². The number of hydrogen-bond acceptors (Lipinski definition) is 3. The third kappa shape index (κ3) is 4.03. The minimum absolute atomic E-state index is 0.0225. The fraction of sp³-hybridized carbons (Fsp3) is 0.571. The SMILES string of the molecule is CN(C)CC1CCN(S(=O)(=O)c2ccc(Br)c(F)c2)CC1. The molecule has 7 heteroatoms. The first-order valence-corrected chi connectivity index (χ1v) is 9.14. The van der Waals surface area contributed by atoms with Crippen LogP contribution in [0.25, 0.3) is 0 Å². The molecular formula is C14H20BrFN2O2S. The highest BCUT2D eigenvalue weighted by Gasteiger charge is 2.29. The van der Waals surface area contributed by atoms with Crippen molar-refractivity contribution in [2.45, 2.75) is 17.7 Å². The molecular weight excluding hydrogens is 359 g/mol. The van der Waals surface area contributed by atoms with Crippen molar-refractivity contribution in [1.82, 2.24) is 9.21 Å². The molecule has 0 unspecified atom stereocenters. The predicted molar refractivity (Wildman–Crippen MR) is 84.1 cm³/mol. The molecule has 0 aliphatic carbocycles. The quantitative estimate of drug-likeness (QED) is 0.808. The van der Waals surface area contributed by atoms with Crippen LogP contribution in [0.5, 0.6) is 0 Å². The van der Waals surface area contributed by atoms with Gasteiger partial charge in [-0.2, -0.15) is 4.31 Å². The van der Waals surface area contributed by atoms with Crippen molar-refractivity contribution in [2.24, 2.45) is 5.92 Å². The van der Waals surface area contributed by atoms with E-state index in [9.17, 15) is 12.8 Å². The Labute approximate surface area is 134 Å². The number of benzene rings is 1. The van der Waals surface area contributed by atoms with Gasteiger partial charge in [-0.05, 0) is 67.0 Å². The van der Waals surface area contributed by atoms with Crippen molar-refractivity contribution in [3.8, 4) is 0 Å². The zero-order valence-corrected chi connectivity index (χ0v) is 14.6. The molecule has 1 heterocycles. The van der Waals surface area contributed by atoms with Gasteiger partial charge in [-0.15, -0.1) is 0 Å². The highest BCUT2D eigenvalue weighted by atomic mass is 79.9. The van der Waals surface area contributed by atoms with Crippen LogP contribution >= 0.6 is 15.9 Å². The third-order valence-electron chi connectivity index (χ3n) is 3.73. The van der Waals surface area contributed by atoms with Gasteiger partial charge in [0.15, 0.2) is 0 Å². The Bertz CT molecular complexity index is 599. The fourth-order valence-electron chi connectivity index (χ4n) is 2.63. The molecule has 4 nitrogen and oxygen atoms in total. The lowest BCUT2D eigenvalue weighted by molar-refractivity contribution is 0.225. The topological polar surface area (TPSA) is 40.6 Å². The molecule has 0 amide bonds. The molecule has 0 N–H and O–H groups in total. The second-order valence-corrected chi connectivity index (χ2v) is 8.48. The molecule has 0 saturated carbocycles. The minimum atomic E-state index is -3.59. The van der Waals surface area contributed by atoms with Gasteiger partial charge in [-0.3, -0.25) is 0 Å². The molecule has 1 aromatic rings. The highest BCUT2D eigenvalue weighted by molar-refractivity contribution is 9.10. The maximum Gasteiger partial charge on any atom is 0.243 e. The standard InChI is InChI=1S/C14H20BrFN2O2S/c1-17(2)10-11-5-7-18(8-6-11)21(19,20)12-3-4-13(15)14(16)9-12/h3-4,9,11H,5-8,10H2,1-2H3. The normalized spacial score (nSPS) is 18.3. The van der Waals surface area contributed by atoms with Crippen molar-refractivity contribution in [3.63, 3.8) is 0 Å². The smallest absolute Gasteiger partial charge is 0.243 e. The number of halogens is 2. The van der Waals surface area contributed by atoms with Gasteiger partial charge in [0.05, 0.1) is 9.37 Å². The summed E-state index contributed by atoms with van der Waals surface area (Å²) >= 11 is 3.03. The summed E-state index contributed by atoms with van der Waals surface area (Å²) < 4.78 is 40.3. The monoisotopic (exact) mass is 378 g/mol. The second-order valence-electron chi connectivity index (χ2n) is 5.69. The summed E-state index contributed by atoms with van der Waals surface area (Å²) in [6.07, 6.45) is 1.69. The van der Waals surface area contributed by atoms with E-state index in [-0.39, 0.29) is 9.37 Å². The van der Waals surface area contributed by atoms with Crippen molar-refractivity contribution < 1.29 is 12.8 Å². The van der Waals surface area contributed by atoms with E-state index in [2.05, 4.69) is 20.8 Å². The number of nitrogens with zero attached hydrogens (tertiary/aromatic N) is 2. The highest BCUT2D eigenvalue weighted by Crippen LogP contribution is 2.26. The van der Waals surface area contributed by atoms with Crippen LogP contribution in [-0.2, 0) is 10.0 Å². The Morgan fingerprint density at radius 1 is 1.33 bits per heavy atom. The van der Waals surface area contributed by atoms with E-state index < -0.39 is 15.8 Å². The largest absolute Gasteiger partial charge is 0.309 e. The van der Waals surface area contributed by atoms with E-state index in [1.807, 2.05) is 14.1 Å². The van der Waals surface area contributed by atoms with Crippen LogP contribution in [0.4, 0.5) is 4.39 Å². The molecule has 0 radical (unpaired) electrons. The van der Waals surface area contributed by atoms with Crippen LogP contribution in [0.2, 0.25) is 0 Å². The third-order valence-corrected chi connectivity index (χ3v) is 6.26. The number of sulfonamides is 1. The van der Waals surface area contributed by atoms with Crippen LogP contribution in [0.3, 0.4) is 0 Å². The first-order chi connectivity index (χ1) is 9.80. The molecule has 0 spiro atoms. The Balaban J connectivity index is 2.09. The van der Waals surface area contributed by atoms with Gasteiger partial charge < -0.3 is 4.90 Å². The molecule has 0 bridgehead atoms. The Kier molecular flexibility index (Phi) is 5.40. The lowest BCUT2D eigenvalue weighted by atomic mass is 9.98. The summed E-state index contributed by atoms with van der Waals surface area (Å²) in [5.41, 5.74) is 0. The van der Waals surface area contributed by atoms with Crippen LogP contribution in [0.1, 0.15) is 12.8 Å². The summed E-state index contributed by atoms with van der Waals surface area (Å²) in [6, 6.07) is 3.95. The van der Waals surface area contributed by atoms with Gasteiger partial charge in [0, 0.05) is 19.6 Å². The molecule has 0 atom stereocenters. The molecule has 2 rings (SSSR count). The molecule has 1 aliphatic heterocycles. The van der Waals surface area contributed by atoms with Crippen LogP contribution in [-0.4, -0.2) is 51.4 Å². The minimum Gasteiger partial charge on any atom is -0.309 e. The van der Waals surface area contributed by atoms with Crippen LogP contribution < -0.4 is 0 Å². The number of rotatable bonds is 4. The fourth-order valence-corrected chi connectivity index (χ4v) is 4.36. The van der Waals surface area contributed by atoms with Gasteiger partial charge in [0.1, 0.15) is 5.82 Å². The van der Waals surface area contributed by atoms with E-state index in [0.717, 1.165) is 25.5 Å². The van der Waals surface area contributed by atoms with E-state index in [0.29, 0.717) is 19.0 Å². The molecule has 1 saturated heterocycles. The Morgan fingerprint density at radius 3 is 2.48 bits per heavy atom. The summed E-state index contributed by atoms with van der Waals surface area (Å²) in [6.45, 7) is 1.97. The number of hydrogen-bond donors (Lipinski definition) is 0. The number of piperidine rings is 1. The van der Waals surface area contributed by atoms with Gasteiger partial charge in [-0.1, -0.05) is 0 Å². The summed E-state index contributed by atoms with van der Waals surface area (Å²) in [7, 11) is 0.449. The average Bonchev–Trinajstić information content (AvgIpc) is 2.41. The lowest BCUT2D eigenvalue weighted by Crippen LogP contribution is -2.40. The first kappa shape index (κ1) is 16.9. The Morgan fingerprint density at radius 2 is 1.95 bits per heavy atom. The second kappa shape index (κ2) is 6.73. The molecule has 0 aromatic heterocycles. The maximum atomic E-state index is 13.5. The zero-order chi connectivity index (χ0) is 15.6. The van der Waals surface area contributed by atoms with E-state index in [1.165, 1.54) is 16.4 Å². The predicted octanol–water partition coefficient (Wildman–Crippen LogP) is 2.55. The molecule has 1 aromatic carbocycles. The lowest BCUT2D eigenvalue weighted by Gasteiger charge is -2.32. The van der Waals surface area contributed by atoms with Gasteiger partial charge >= 0.3 is 0 Å². The van der Waals surface area contributed by atoms with Crippen molar-refractivity contribution >= 4 is 26.0 Å². The van der Waals surface area contributed by atoms with E-state index in [1.54, 1.807) is 0 Å². The summed E-state index contributed by atoms with van der Waals surface area (Å²) in [4.78, 5) is 2.15. The molecule has 1 fully saturated rings.